The first-order chi connectivity index (χ1) is 13.4. The molecule has 0 spiro atoms. The van der Waals surface area contributed by atoms with Crippen LogP contribution in [0.4, 0.5) is 0 Å². The van der Waals surface area contributed by atoms with E-state index in [0.717, 1.165) is 24.9 Å². The molecule has 0 aromatic heterocycles. The Hall–Kier alpha value is -1.55. The molecule has 28 heavy (non-hydrogen) atoms. The first-order valence-corrected chi connectivity index (χ1v) is 10.6. The van der Waals surface area contributed by atoms with Crippen LogP contribution in [0.15, 0.2) is 48.5 Å². The van der Waals surface area contributed by atoms with Crippen LogP contribution in [0.1, 0.15) is 55.6 Å². The van der Waals surface area contributed by atoms with Crippen molar-refractivity contribution in [3.63, 3.8) is 0 Å². The Labute approximate surface area is 179 Å². The molecule has 2 aromatic carbocycles. The number of likely N-dealkylation sites (N-methyl/N-ethyl adjacent to an activating group) is 1. The van der Waals surface area contributed by atoms with Gasteiger partial charge >= 0.3 is 0 Å². The number of rotatable bonds is 9. The first kappa shape index (κ1) is 22.7. The summed E-state index contributed by atoms with van der Waals surface area (Å²) >= 11 is 12.2. The fourth-order valence-electron chi connectivity index (χ4n) is 3.41. The molecule has 2 rings (SSSR count). The van der Waals surface area contributed by atoms with E-state index in [1.807, 2.05) is 18.2 Å². The lowest BCUT2D eigenvalue weighted by atomic mass is 9.96. The summed E-state index contributed by atoms with van der Waals surface area (Å²) < 4.78 is 0. The third kappa shape index (κ3) is 5.97. The lowest BCUT2D eigenvalue weighted by Crippen LogP contribution is -2.44. The van der Waals surface area contributed by atoms with Gasteiger partial charge < -0.3 is 10.2 Å². The van der Waals surface area contributed by atoms with Gasteiger partial charge in [-0.2, -0.15) is 0 Å². The lowest BCUT2D eigenvalue weighted by molar-refractivity contribution is 0.0898. The van der Waals surface area contributed by atoms with Crippen molar-refractivity contribution >= 4 is 29.1 Å². The second kappa shape index (κ2) is 10.8. The molecule has 152 valence electrons. The van der Waals surface area contributed by atoms with Crippen LogP contribution in [-0.4, -0.2) is 30.4 Å². The smallest absolute Gasteiger partial charge is 0.253 e. The Kier molecular flexibility index (Phi) is 8.81. The van der Waals surface area contributed by atoms with Gasteiger partial charge in [-0.05, 0) is 43.7 Å². The summed E-state index contributed by atoms with van der Waals surface area (Å²) in [5, 5.41) is 4.06. The Morgan fingerprint density at radius 3 is 2.29 bits per heavy atom. The van der Waals surface area contributed by atoms with E-state index in [2.05, 4.69) is 50.2 Å². The van der Waals surface area contributed by atoms with E-state index in [1.165, 1.54) is 0 Å². The highest BCUT2D eigenvalue weighted by molar-refractivity contribution is 6.36. The van der Waals surface area contributed by atoms with Crippen LogP contribution in [0.3, 0.4) is 0 Å². The maximum absolute atomic E-state index is 13.0. The summed E-state index contributed by atoms with van der Waals surface area (Å²) in [5.41, 5.74) is 1.51. The van der Waals surface area contributed by atoms with Gasteiger partial charge in [-0.3, -0.25) is 4.79 Å². The van der Waals surface area contributed by atoms with Gasteiger partial charge in [0.1, 0.15) is 0 Å². The topological polar surface area (TPSA) is 32.3 Å². The highest BCUT2D eigenvalue weighted by Gasteiger charge is 2.26. The second-order valence-corrected chi connectivity index (χ2v) is 8.19. The predicted octanol–water partition coefficient (Wildman–Crippen LogP) is 6.22. The average molecular weight is 421 g/mol. The molecule has 0 aliphatic carbocycles. The van der Waals surface area contributed by atoms with E-state index < -0.39 is 0 Å². The highest BCUT2D eigenvalue weighted by Crippen LogP contribution is 2.25. The summed E-state index contributed by atoms with van der Waals surface area (Å²) in [4.78, 5) is 15.3. The van der Waals surface area contributed by atoms with Crippen molar-refractivity contribution in [2.75, 3.05) is 13.6 Å². The third-order valence-electron chi connectivity index (χ3n) is 5.50. The van der Waals surface area contributed by atoms with Gasteiger partial charge in [0, 0.05) is 17.6 Å². The summed E-state index contributed by atoms with van der Waals surface area (Å²) in [7, 11) is 2.13. The van der Waals surface area contributed by atoms with Gasteiger partial charge in [-0.15, -0.1) is 0 Å². The van der Waals surface area contributed by atoms with Gasteiger partial charge in [0.15, 0.2) is 0 Å². The number of nitrogens with zero attached hydrogens (tertiary/aromatic N) is 1. The van der Waals surface area contributed by atoms with Crippen LogP contribution in [0.25, 0.3) is 0 Å². The standard InChI is InChI=1S/C23H30Cl2N2O/c1-5-17(6-2)15-27(4)16(3)22(18-10-8-7-9-11-18)26-23(28)20-13-12-19(24)14-21(20)25/h7-14,16-17,22H,5-6,15H2,1-4H3,(H,26,28)/t16?,22-/m1/s1. The number of carbonyl (C=O) groups is 1. The molecular weight excluding hydrogens is 391 g/mol. The number of nitrogens with one attached hydrogen (secondary N) is 1. The van der Waals surface area contributed by atoms with Crippen molar-refractivity contribution < 1.29 is 4.79 Å². The largest absolute Gasteiger partial charge is 0.344 e. The van der Waals surface area contributed by atoms with Crippen molar-refractivity contribution in [1.29, 1.82) is 0 Å². The summed E-state index contributed by atoms with van der Waals surface area (Å²) in [6.07, 6.45) is 2.30. The Balaban J connectivity index is 2.26. The number of halogens is 2. The van der Waals surface area contributed by atoms with E-state index >= 15 is 0 Å². The van der Waals surface area contributed by atoms with E-state index in [0.29, 0.717) is 21.5 Å². The molecule has 0 fully saturated rings. The Morgan fingerprint density at radius 1 is 1.07 bits per heavy atom. The molecule has 0 aliphatic heterocycles. The maximum Gasteiger partial charge on any atom is 0.253 e. The SMILES string of the molecule is CCC(CC)CN(C)C(C)[C@@H](NC(=O)c1ccc(Cl)cc1Cl)c1ccccc1. The van der Waals surface area contributed by atoms with E-state index in [-0.39, 0.29) is 18.0 Å². The molecule has 0 saturated heterocycles. The predicted molar refractivity (Wildman–Crippen MR) is 119 cm³/mol. The van der Waals surface area contributed by atoms with Gasteiger partial charge in [0.2, 0.25) is 0 Å². The van der Waals surface area contributed by atoms with Gasteiger partial charge in [0.05, 0.1) is 16.6 Å². The molecule has 5 heteroatoms. The summed E-state index contributed by atoms with van der Waals surface area (Å²) in [6, 6.07) is 15.0. The minimum Gasteiger partial charge on any atom is -0.344 e. The van der Waals surface area contributed by atoms with Gasteiger partial charge in [-0.25, -0.2) is 0 Å². The monoisotopic (exact) mass is 420 g/mol. The quantitative estimate of drug-likeness (QED) is 0.521. The van der Waals surface area contributed by atoms with Gasteiger partial charge in [0.25, 0.3) is 5.91 Å². The maximum atomic E-state index is 13.0. The molecule has 2 atom stereocenters. The normalized spacial score (nSPS) is 13.6. The molecule has 0 bridgehead atoms. The fraction of sp³-hybridized carbons (Fsp3) is 0.435. The van der Waals surface area contributed by atoms with Crippen molar-refractivity contribution in [2.24, 2.45) is 5.92 Å². The molecule has 2 aromatic rings. The molecule has 1 unspecified atom stereocenters. The zero-order chi connectivity index (χ0) is 20.7. The zero-order valence-electron chi connectivity index (χ0n) is 17.1. The van der Waals surface area contributed by atoms with Crippen LogP contribution in [-0.2, 0) is 0 Å². The van der Waals surface area contributed by atoms with Crippen molar-refractivity contribution in [3.05, 3.63) is 69.7 Å². The van der Waals surface area contributed by atoms with Crippen molar-refractivity contribution in [3.8, 4) is 0 Å². The van der Waals surface area contributed by atoms with Crippen LogP contribution in [0.5, 0.6) is 0 Å². The Morgan fingerprint density at radius 2 is 1.71 bits per heavy atom. The number of hydrogen-bond acceptors (Lipinski definition) is 2. The van der Waals surface area contributed by atoms with Crippen molar-refractivity contribution in [1.82, 2.24) is 10.2 Å². The average Bonchev–Trinajstić information content (AvgIpc) is 2.69. The van der Waals surface area contributed by atoms with Crippen LogP contribution in [0.2, 0.25) is 10.0 Å². The minimum absolute atomic E-state index is 0.123. The molecule has 1 amide bonds. The highest BCUT2D eigenvalue weighted by atomic mass is 35.5. The van der Waals surface area contributed by atoms with E-state index in [9.17, 15) is 4.79 Å². The molecule has 0 saturated carbocycles. The molecule has 0 heterocycles. The van der Waals surface area contributed by atoms with Crippen LogP contribution >= 0.6 is 23.2 Å². The molecule has 3 nitrogen and oxygen atoms in total. The minimum atomic E-state index is -0.196. The molecule has 1 N–H and O–H groups in total. The molecular formula is C23H30Cl2N2O. The zero-order valence-corrected chi connectivity index (χ0v) is 18.6. The fourth-order valence-corrected chi connectivity index (χ4v) is 3.90. The third-order valence-corrected chi connectivity index (χ3v) is 6.05. The van der Waals surface area contributed by atoms with Crippen LogP contribution in [0, 0.1) is 5.92 Å². The number of benzene rings is 2. The second-order valence-electron chi connectivity index (χ2n) is 7.35. The number of hydrogen-bond donors (Lipinski definition) is 1. The van der Waals surface area contributed by atoms with E-state index in [1.54, 1.807) is 18.2 Å². The van der Waals surface area contributed by atoms with Crippen molar-refractivity contribution in [2.45, 2.75) is 45.7 Å². The van der Waals surface area contributed by atoms with E-state index in [4.69, 9.17) is 23.2 Å². The summed E-state index contributed by atoms with van der Waals surface area (Å²) in [5.74, 6) is 0.448. The number of amides is 1. The Bertz CT molecular complexity index is 762. The lowest BCUT2D eigenvalue weighted by Gasteiger charge is -2.35. The van der Waals surface area contributed by atoms with Gasteiger partial charge in [-0.1, -0.05) is 80.2 Å². The number of carbonyl (C=O) groups excluding carboxylic acids is 1. The molecule has 0 aliphatic rings. The molecule has 0 radical (unpaired) electrons. The first-order valence-electron chi connectivity index (χ1n) is 9.88. The van der Waals surface area contributed by atoms with Crippen LogP contribution < -0.4 is 5.32 Å². The summed E-state index contributed by atoms with van der Waals surface area (Å²) in [6.45, 7) is 7.61.